The molecule has 0 aliphatic heterocycles. The van der Waals surface area contributed by atoms with Crippen LogP contribution in [0.25, 0.3) is 0 Å². The minimum Gasteiger partial charge on any atom is -0.320 e. The van der Waals surface area contributed by atoms with Crippen LogP contribution in [0.3, 0.4) is 0 Å². The van der Waals surface area contributed by atoms with Gasteiger partial charge in [0.15, 0.2) is 0 Å². The van der Waals surface area contributed by atoms with E-state index in [1.165, 1.54) is 0 Å². The second-order valence-corrected chi connectivity index (χ2v) is 7.88. The van der Waals surface area contributed by atoms with Crippen LogP contribution in [-0.2, 0) is 0 Å². The fourth-order valence-electron chi connectivity index (χ4n) is 4.50. The minimum atomic E-state index is -0.270. The Morgan fingerprint density at radius 1 is 0.917 bits per heavy atom. The van der Waals surface area contributed by atoms with Gasteiger partial charge in [-0.25, -0.2) is 0 Å². The van der Waals surface area contributed by atoms with Crippen LogP contribution in [0, 0.1) is 21.7 Å². The molecular weight excluding hydrogens is 290 g/mol. The van der Waals surface area contributed by atoms with E-state index in [0.717, 1.165) is 19.4 Å². The van der Waals surface area contributed by atoms with Gasteiger partial charge in [0.25, 0.3) is 0 Å². The Bertz CT molecular complexity index is 470. The van der Waals surface area contributed by atoms with Crippen molar-refractivity contribution in [1.29, 1.82) is 0 Å². The highest BCUT2D eigenvalue weighted by Gasteiger charge is 2.57. The zero-order valence-corrected chi connectivity index (χ0v) is 16.9. The van der Waals surface area contributed by atoms with Crippen molar-refractivity contribution in [3.63, 3.8) is 0 Å². The molecule has 1 N–H and O–H groups in total. The number of nitrogens with one attached hydrogen (secondary N) is 1. The van der Waals surface area contributed by atoms with E-state index in [9.17, 15) is 0 Å². The van der Waals surface area contributed by atoms with Crippen molar-refractivity contribution < 1.29 is 0 Å². The van der Waals surface area contributed by atoms with Crippen LogP contribution < -0.4 is 5.32 Å². The Balaban J connectivity index is 6.56. The maximum atomic E-state index is 4.24. The molecule has 0 aromatic carbocycles. The minimum absolute atomic E-state index is 0.0139. The lowest BCUT2D eigenvalue weighted by Crippen LogP contribution is -2.54. The van der Waals surface area contributed by atoms with Gasteiger partial charge < -0.3 is 5.32 Å². The summed E-state index contributed by atoms with van der Waals surface area (Å²) in [7, 11) is 2.00. The van der Waals surface area contributed by atoms with Gasteiger partial charge in [0.1, 0.15) is 0 Å². The molecule has 24 heavy (non-hydrogen) atoms. The quantitative estimate of drug-likeness (QED) is 0.412. The highest BCUT2D eigenvalue weighted by atomic mass is 14.8. The van der Waals surface area contributed by atoms with E-state index in [0.29, 0.717) is 0 Å². The molecule has 0 aromatic heterocycles. The number of allylic oxidation sites excluding steroid dienone is 6. The third-order valence-electron chi connectivity index (χ3n) is 6.27. The topological polar surface area (TPSA) is 12.0 Å². The maximum Gasteiger partial charge on any atom is 0.0170 e. The summed E-state index contributed by atoms with van der Waals surface area (Å²) in [6.45, 7) is 28.9. The van der Waals surface area contributed by atoms with Crippen LogP contribution in [0.1, 0.15) is 47.5 Å². The van der Waals surface area contributed by atoms with E-state index in [1.807, 2.05) is 13.1 Å². The van der Waals surface area contributed by atoms with Crippen LogP contribution in [-0.4, -0.2) is 13.6 Å². The first-order valence-electron chi connectivity index (χ1n) is 8.92. The molecule has 0 fully saturated rings. The first-order valence-corrected chi connectivity index (χ1v) is 8.92. The summed E-state index contributed by atoms with van der Waals surface area (Å²) >= 11 is 0. The zero-order valence-electron chi connectivity index (χ0n) is 16.9. The second-order valence-electron chi connectivity index (χ2n) is 7.88. The van der Waals surface area contributed by atoms with Gasteiger partial charge in [-0.15, -0.1) is 26.3 Å². The summed E-state index contributed by atoms with van der Waals surface area (Å²) in [5.41, 5.74) is -0.681. The Hall–Kier alpha value is -1.34. The van der Waals surface area contributed by atoms with Gasteiger partial charge in [0, 0.05) is 10.8 Å². The largest absolute Gasteiger partial charge is 0.320 e. The maximum absolute atomic E-state index is 4.24. The van der Waals surface area contributed by atoms with E-state index >= 15 is 0 Å². The van der Waals surface area contributed by atoms with Gasteiger partial charge in [0.05, 0.1) is 0 Å². The van der Waals surface area contributed by atoms with Gasteiger partial charge in [-0.05, 0) is 44.2 Å². The smallest absolute Gasteiger partial charge is 0.0170 e. The summed E-state index contributed by atoms with van der Waals surface area (Å²) in [5.74, 6) is 0. The molecular formula is C23H39N. The number of hydrogen-bond donors (Lipinski definition) is 1. The summed E-state index contributed by atoms with van der Waals surface area (Å²) in [4.78, 5) is 0. The summed E-state index contributed by atoms with van der Waals surface area (Å²) in [6, 6.07) is 0. The molecule has 0 aliphatic carbocycles. The Kier molecular flexibility index (Phi) is 8.18. The van der Waals surface area contributed by atoms with E-state index in [2.05, 4.69) is 96.6 Å². The van der Waals surface area contributed by atoms with Crippen molar-refractivity contribution in [3.05, 3.63) is 62.8 Å². The third-order valence-corrected chi connectivity index (χ3v) is 6.27. The van der Waals surface area contributed by atoms with E-state index in [-0.39, 0.29) is 21.7 Å². The van der Waals surface area contributed by atoms with E-state index in [4.69, 9.17) is 0 Å². The average molecular weight is 330 g/mol. The third kappa shape index (κ3) is 3.52. The molecule has 1 unspecified atom stereocenters. The molecule has 1 atom stereocenters. The molecule has 0 heterocycles. The Morgan fingerprint density at radius 2 is 1.46 bits per heavy atom. The number of rotatable bonds is 12. The fourth-order valence-corrected chi connectivity index (χ4v) is 4.50. The lowest BCUT2D eigenvalue weighted by Gasteiger charge is -2.60. The van der Waals surface area contributed by atoms with Crippen molar-refractivity contribution in [2.75, 3.05) is 13.6 Å². The predicted octanol–water partition coefficient (Wildman–Crippen LogP) is 6.33. The Labute approximate surface area is 151 Å². The van der Waals surface area contributed by atoms with Crippen molar-refractivity contribution >= 4 is 0 Å². The van der Waals surface area contributed by atoms with Gasteiger partial charge >= 0.3 is 0 Å². The van der Waals surface area contributed by atoms with Crippen molar-refractivity contribution in [3.8, 4) is 0 Å². The lowest BCUT2D eigenvalue weighted by atomic mass is 9.44. The summed E-state index contributed by atoms with van der Waals surface area (Å²) < 4.78 is 0. The molecule has 1 heteroatoms. The standard InChI is InChI=1S/C23H39N/c1-11-16-22(13-3,17-12-2)21(8,9)23(14-4,15-5)20(6,7)18-19-24-10/h11-15,17,24H,1,3-5,16,18-19H2,2,6-10H3/b17-12+. The van der Waals surface area contributed by atoms with Crippen LogP contribution >= 0.6 is 0 Å². The van der Waals surface area contributed by atoms with Gasteiger partial charge in [-0.1, -0.05) is 64.2 Å². The molecule has 0 bridgehead atoms. The molecule has 0 aliphatic rings. The molecule has 0 spiro atoms. The first-order chi connectivity index (χ1) is 11.1. The fraction of sp³-hybridized carbons (Fsp3) is 0.565. The summed E-state index contributed by atoms with van der Waals surface area (Å²) in [5, 5.41) is 3.28. The van der Waals surface area contributed by atoms with Gasteiger partial charge in [0.2, 0.25) is 0 Å². The van der Waals surface area contributed by atoms with Crippen LogP contribution in [0.5, 0.6) is 0 Å². The van der Waals surface area contributed by atoms with Crippen molar-refractivity contribution in [1.82, 2.24) is 5.32 Å². The molecule has 0 amide bonds. The highest BCUT2D eigenvalue weighted by molar-refractivity contribution is 5.29. The van der Waals surface area contributed by atoms with Crippen molar-refractivity contribution in [2.24, 2.45) is 21.7 Å². The lowest BCUT2D eigenvalue weighted by molar-refractivity contribution is -0.0262. The average Bonchev–Trinajstić information content (AvgIpc) is 2.53. The van der Waals surface area contributed by atoms with Crippen LogP contribution in [0.2, 0.25) is 0 Å². The monoisotopic (exact) mass is 329 g/mol. The van der Waals surface area contributed by atoms with Crippen LogP contribution in [0.15, 0.2) is 62.8 Å². The predicted molar refractivity (Wildman–Crippen MR) is 111 cm³/mol. The normalized spacial score (nSPS) is 15.8. The molecule has 0 aromatic rings. The molecule has 0 saturated heterocycles. The molecule has 0 saturated carbocycles. The summed E-state index contributed by atoms with van der Waals surface area (Å²) in [6.07, 6.45) is 14.5. The van der Waals surface area contributed by atoms with Gasteiger partial charge in [-0.2, -0.15) is 0 Å². The SMILES string of the molecule is C=CCC(C=C)(/C=C/C)C(C)(C)C(C=C)(C=C)C(C)(C)CCNC. The van der Waals surface area contributed by atoms with Crippen molar-refractivity contribution in [2.45, 2.75) is 47.5 Å². The second kappa shape index (κ2) is 8.67. The highest BCUT2D eigenvalue weighted by Crippen LogP contribution is 2.63. The zero-order chi connectivity index (χ0) is 19.1. The van der Waals surface area contributed by atoms with E-state index < -0.39 is 0 Å². The molecule has 0 radical (unpaired) electrons. The molecule has 136 valence electrons. The van der Waals surface area contributed by atoms with Crippen LogP contribution in [0.4, 0.5) is 0 Å². The first kappa shape index (κ1) is 22.7. The van der Waals surface area contributed by atoms with E-state index in [1.54, 1.807) is 0 Å². The van der Waals surface area contributed by atoms with Gasteiger partial charge in [-0.3, -0.25) is 0 Å². The molecule has 1 nitrogen and oxygen atoms in total. The Morgan fingerprint density at radius 3 is 1.79 bits per heavy atom. The number of hydrogen-bond acceptors (Lipinski definition) is 1. The molecule has 0 rings (SSSR count).